The van der Waals surface area contributed by atoms with Crippen LogP contribution < -0.4 is 10.2 Å². The molecule has 2 amide bonds. The number of rotatable bonds is 4. The van der Waals surface area contributed by atoms with Gasteiger partial charge >= 0.3 is 0 Å². The van der Waals surface area contributed by atoms with Gasteiger partial charge in [-0.15, -0.1) is 0 Å². The molecule has 3 aromatic rings. The first-order valence-electron chi connectivity index (χ1n) is 11.8. The number of hydrogen-bond donors (Lipinski definition) is 1. The van der Waals surface area contributed by atoms with Crippen LogP contribution in [0.1, 0.15) is 68.4 Å². The number of carbonyl (C=O) groups is 2. The predicted octanol–water partition coefficient (Wildman–Crippen LogP) is 5.05. The van der Waals surface area contributed by atoms with Crippen LogP contribution in [0.3, 0.4) is 0 Å². The van der Waals surface area contributed by atoms with E-state index in [1.165, 1.54) is 18.4 Å². The van der Waals surface area contributed by atoms with Crippen molar-refractivity contribution in [2.75, 3.05) is 4.90 Å². The van der Waals surface area contributed by atoms with Crippen molar-refractivity contribution < 1.29 is 14.0 Å². The third-order valence-corrected chi connectivity index (χ3v) is 7.19. The molecule has 1 aromatic carbocycles. The van der Waals surface area contributed by atoms with E-state index in [9.17, 15) is 9.59 Å². The van der Waals surface area contributed by atoms with Crippen molar-refractivity contribution in [1.82, 2.24) is 9.88 Å². The lowest BCUT2D eigenvalue weighted by atomic mass is 9.92. The van der Waals surface area contributed by atoms with Gasteiger partial charge in [0.25, 0.3) is 5.91 Å². The van der Waals surface area contributed by atoms with E-state index in [1.54, 1.807) is 17.2 Å². The van der Waals surface area contributed by atoms with Crippen molar-refractivity contribution in [2.24, 2.45) is 0 Å². The number of benzene rings is 1. The molecule has 1 fully saturated rings. The maximum atomic E-state index is 13.8. The third kappa shape index (κ3) is 3.42. The lowest BCUT2D eigenvalue weighted by Gasteiger charge is -2.44. The van der Waals surface area contributed by atoms with E-state index in [0.29, 0.717) is 17.8 Å². The molecule has 2 aliphatic rings. The molecule has 6 nitrogen and oxygen atoms in total. The summed E-state index contributed by atoms with van der Waals surface area (Å²) in [6.45, 7) is 4.37. The Morgan fingerprint density at radius 1 is 1.12 bits per heavy atom. The summed E-state index contributed by atoms with van der Waals surface area (Å²) in [7, 11) is 0. The highest BCUT2D eigenvalue weighted by molar-refractivity contribution is 6.13. The zero-order chi connectivity index (χ0) is 22.3. The molecule has 2 aromatic heterocycles. The standard InChI is InChI=1S/C26H31N3O3/c1-3-18-10-12-20(13-11-18)29-24(30)22-16-23-21(14-15-32-23)28(22)17-26(29,2)25(31)27-19-8-6-4-5-7-9-19/h10-16,19H,3-9,17H2,1-2H3,(H,27,31)/t26-/m1/s1. The zero-order valence-corrected chi connectivity index (χ0v) is 18.9. The number of nitrogens with one attached hydrogen (secondary N) is 1. The van der Waals surface area contributed by atoms with Crippen LogP contribution in [-0.4, -0.2) is 28.0 Å². The Bertz CT molecular complexity index is 1130. The van der Waals surface area contributed by atoms with Gasteiger partial charge in [-0.05, 0) is 43.9 Å². The molecule has 168 valence electrons. The van der Waals surface area contributed by atoms with Gasteiger partial charge in [0.15, 0.2) is 5.58 Å². The van der Waals surface area contributed by atoms with Crippen molar-refractivity contribution >= 4 is 28.6 Å². The van der Waals surface area contributed by atoms with Crippen LogP contribution in [0.15, 0.2) is 47.1 Å². The maximum Gasteiger partial charge on any atom is 0.276 e. The molecule has 5 rings (SSSR count). The molecule has 1 aliphatic heterocycles. The number of nitrogens with zero attached hydrogens (tertiary/aromatic N) is 2. The lowest BCUT2D eigenvalue weighted by molar-refractivity contribution is -0.127. The van der Waals surface area contributed by atoms with Gasteiger partial charge < -0.3 is 14.3 Å². The van der Waals surface area contributed by atoms with Gasteiger partial charge in [-0.3, -0.25) is 14.5 Å². The van der Waals surface area contributed by atoms with Crippen LogP contribution in [0.4, 0.5) is 5.69 Å². The maximum absolute atomic E-state index is 13.8. The Kier molecular flexibility index (Phi) is 5.31. The van der Waals surface area contributed by atoms with Crippen LogP contribution >= 0.6 is 0 Å². The van der Waals surface area contributed by atoms with Gasteiger partial charge in [-0.1, -0.05) is 44.7 Å². The average molecular weight is 434 g/mol. The summed E-state index contributed by atoms with van der Waals surface area (Å²) in [6, 6.07) is 11.8. The first kappa shape index (κ1) is 20.9. The largest absolute Gasteiger partial charge is 0.463 e. The highest BCUT2D eigenvalue weighted by Gasteiger charge is 2.49. The fraction of sp³-hybridized carbons (Fsp3) is 0.462. The first-order chi connectivity index (χ1) is 15.5. The van der Waals surface area contributed by atoms with Crippen LogP contribution in [-0.2, 0) is 17.8 Å². The fourth-order valence-corrected chi connectivity index (χ4v) is 5.26. The Morgan fingerprint density at radius 3 is 2.53 bits per heavy atom. The number of carbonyl (C=O) groups excluding carboxylic acids is 2. The van der Waals surface area contributed by atoms with E-state index in [1.807, 2.05) is 41.8 Å². The molecule has 1 atom stereocenters. The summed E-state index contributed by atoms with van der Waals surface area (Å²) in [5.41, 5.74) is 2.97. The van der Waals surface area contributed by atoms with Gasteiger partial charge in [0, 0.05) is 23.9 Å². The third-order valence-electron chi connectivity index (χ3n) is 7.19. The first-order valence-corrected chi connectivity index (χ1v) is 11.8. The molecule has 0 radical (unpaired) electrons. The van der Waals surface area contributed by atoms with E-state index in [4.69, 9.17) is 4.42 Å². The summed E-state index contributed by atoms with van der Waals surface area (Å²) < 4.78 is 7.50. The van der Waals surface area contributed by atoms with Crippen molar-refractivity contribution in [3.05, 3.63) is 53.9 Å². The second kappa shape index (κ2) is 8.15. The predicted molar refractivity (Wildman–Crippen MR) is 125 cm³/mol. The number of anilines is 1. The minimum absolute atomic E-state index is 0.0895. The summed E-state index contributed by atoms with van der Waals surface area (Å²) in [5, 5.41) is 3.31. The highest BCUT2D eigenvalue weighted by atomic mass is 16.3. The van der Waals surface area contributed by atoms with Gasteiger partial charge in [-0.2, -0.15) is 0 Å². The van der Waals surface area contributed by atoms with Crippen molar-refractivity contribution in [2.45, 2.75) is 76.9 Å². The lowest BCUT2D eigenvalue weighted by Crippen LogP contribution is -2.65. The van der Waals surface area contributed by atoms with E-state index >= 15 is 0 Å². The number of aromatic nitrogens is 1. The molecule has 0 bridgehead atoms. The summed E-state index contributed by atoms with van der Waals surface area (Å²) in [6.07, 6.45) is 9.28. The van der Waals surface area contributed by atoms with Crippen molar-refractivity contribution in [1.29, 1.82) is 0 Å². The monoisotopic (exact) mass is 433 g/mol. The Balaban J connectivity index is 1.56. The van der Waals surface area contributed by atoms with Crippen LogP contribution in [0.5, 0.6) is 0 Å². The van der Waals surface area contributed by atoms with Crippen molar-refractivity contribution in [3.63, 3.8) is 0 Å². The van der Waals surface area contributed by atoms with E-state index in [2.05, 4.69) is 12.2 Å². The van der Waals surface area contributed by atoms with Crippen LogP contribution in [0.25, 0.3) is 11.1 Å². The Hall–Kier alpha value is -3.02. The van der Waals surface area contributed by atoms with Crippen LogP contribution in [0.2, 0.25) is 0 Å². The topological polar surface area (TPSA) is 67.5 Å². The molecule has 1 saturated carbocycles. The second-order valence-electron chi connectivity index (χ2n) is 9.38. The average Bonchev–Trinajstić information content (AvgIpc) is 3.29. The molecule has 3 heterocycles. The quantitative estimate of drug-likeness (QED) is 0.585. The molecule has 1 N–H and O–H groups in total. The SMILES string of the molecule is CCc1ccc(N2C(=O)c3cc4occc4n3C[C@]2(C)C(=O)NC2CCCCCC2)cc1. The summed E-state index contributed by atoms with van der Waals surface area (Å²) in [5.74, 6) is -0.265. The van der Waals surface area contributed by atoms with Gasteiger partial charge in [0.2, 0.25) is 5.91 Å². The molecule has 0 saturated heterocycles. The van der Waals surface area contributed by atoms with Crippen molar-refractivity contribution in [3.8, 4) is 0 Å². The molecular formula is C26H31N3O3. The summed E-state index contributed by atoms with van der Waals surface area (Å²) >= 11 is 0. The zero-order valence-electron chi connectivity index (χ0n) is 18.9. The van der Waals surface area contributed by atoms with Gasteiger partial charge in [0.1, 0.15) is 11.2 Å². The minimum Gasteiger partial charge on any atom is -0.463 e. The van der Waals surface area contributed by atoms with E-state index in [-0.39, 0.29) is 17.9 Å². The smallest absolute Gasteiger partial charge is 0.276 e. The molecule has 0 unspecified atom stereocenters. The number of aryl methyl sites for hydroxylation is 1. The molecule has 0 spiro atoms. The van der Waals surface area contributed by atoms with Gasteiger partial charge in [-0.25, -0.2) is 0 Å². The molecule has 6 heteroatoms. The number of hydrogen-bond acceptors (Lipinski definition) is 3. The van der Waals surface area contributed by atoms with Crippen LogP contribution in [0, 0.1) is 0 Å². The number of fused-ring (bicyclic) bond motifs is 3. The van der Waals surface area contributed by atoms with E-state index < -0.39 is 5.54 Å². The van der Waals surface area contributed by atoms with Gasteiger partial charge in [0.05, 0.1) is 18.3 Å². The normalized spacial score (nSPS) is 22.1. The number of furan rings is 1. The second-order valence-corrected chi connectivity index (χ2v) is 9.38. The molecule has 32 heavy (non-hydrogen) atoms. The number of amides is 2. The molecular weight excluding hydrogens is 402 g/mol. The molecule has 1 aliphatic carbocycles. The Morgan fingerprint density at radius 2 is 1.84 bits per heavy atom. The minimum atomic E-state index is -1.05. The highest BCUT2D eigenvalue weighted by Crippen LogP contribution is 2.36. The Labute approximate surface area is 188 Å². The fourth-order valence-electron chi connectivity index (χ4n) is 5.26. The van der Waals surface area contributed by atoms with E-state index in [0.717, 1.165) is 43.3 Å². The summed E-state index contributed by atoms with van der Waals surface area (Å²) in [4.78, 5) is 29.3.